The van der Waals surface area contributed by atoms with Gasteiger partial charge < -0.3 is 15.1 Å². The van der Waals surface area contributed by atoms with Crippen LogP contribution in [-0.4, -0.2) is 87.6 Å². The second-order valence-corrected chi connectivity index (χ2v) is 17.3. The molecule has 10 aromatic rings. The smallest absolute Gasteiger partial charge is 0.179 e. The van der Waals surface area contributed by atoms with E-state index in [2.05, 4.69) is 50.1 Å². The third-order valence-electron chi connectivity index (χ3n) is 9.81. The summed E-state index contributed by atoms with van der Waals surface area (Å²) in [5.41, 5.74) is 11.0. The van der Waals surface area contributed by atoms with Crippen LogP contribution in [0.3, 0.4) is 0 Å². The van der Waals surface area contributed by atoms with Gasteiger partial charge in [-0.3, -0.25) is 9.59 Å². The lowest BCUT2D eigenvalue weighted by Crippen LogP contribution is -1.94. The molecule has 0 bridgehead atoms. The summed E-state index contributed by atoms with van der Waals surface area (Å²) in [5, 5.41) is 21.1. The lowest BCUT2D eigenvalue weighted by Gasteiger charge is -2.09. The Morgan fingerprint density at radius 1 is 0.569 bits per heavy atom. The molecule has 0 spiro atoms. The molecule has 0 fully saturated rings. The maximum atomic E-state index is 11.2. The van der Waals surface area contributed by atoms with E-state index in [1.165, 1.54) is 43.1 Å². The number of H-pyrrole nitrogens is 2. The van der Waals surface area contributed by atoms with Gasteiger partial charge in [0.2, 0.25) is 0 Å². The van der Waals surface area contributed by atoms with E-state index in [1.807, 2.05) is 91.0 Å². The Morgan fingerprint density at radius 2 is 1.00 bits per heavy atom. The molecule has 0 saturated carbocycles. The van der Waals surface area contributed by atoms with Crippen molar-refractivity contribution in [3.63, 3.8) is 0 Å². The fourth-order valence-corrected chi connectivity index (χ4v) is 8.56. The van der Waals surface area contributed by atoms with Crippen molar-refractivity contribution >= 4 is 80.6 Å². The van der Waals surface area contributed by atoms with Crippen LogP contribution < -0.4 is 0 Å². The van der Waals surface area contributed by atoms with Crippen LogP contribution in [0, 0.1) is 0 Å². The summed E-state index contributed by atoms with van der Waals surface area (Å²) >= 11 is 15.7. The van der Waals surface area contributed by atoms with Crippen LogP contribution in [0.15, 0.2) is 139 Å². The van der Waals surface area contributed by atoms with Crippen molar-refractivity contribution in [2.45, 2.75) is 24.2 Å². The number of hydrogen-bond acceptors (Lipinski definition) is 13. The summed E-state index contributed by atoms with van der Waals surface area (Å²) in [7, 11) is 0. The average molecular weight is 938 g/mol. The first-order chi connectivity index (χ1) is 31.5. The van der Waals surface area contributed by atoms with Crippen LogP contribution in [0.25, 0.3) is 78.5 Å². The van der Waals surface area contributed by atoms with Crippen molar-refractivity contribution in [1.29, 1.82) is 0 Å². The van der Waals surface area contributed by atoms with Crippen molar-refractivity contribution in [2.75, 3.05) is 11.5 Å². The van der Waals surface area contributed by atoms with Crippen molar-refractivity contribution < 1.29 is 14.7 Å². The van der Waals surface area contributed by atoms with Crippen molar-refractivity contribution in [1.82, 2.24) is 59.4 Å². The standard InChI is InChI=1S/C23H17ClN6O2S.C23H17ClN6OS/c1-13(31)10-33-23-27-19-9-18(24)21(28-22(19)29-23)15-4-2-14(3-5-15)17-7-6-16(8-20(17)32)30-12-25-11-26-30;1-14(31)11-32-23-27-20-10-19(24)21(28-22(20)29-23)17-4-2-15(3-5-17)16-6-8-18(9-7-16)30-13-25-12-26-30/h2-9,11-12,32H,10H2,1H3,(H,27,28,29);2-10,12-13H,11H2,1H3,(H,27,28,29). The monoisotopic (exact) mass is 936 g/mol. The fourth-order valence-electron chi connectivity index (χ4n) is 6.70. The van der Waals surface area contributed by atoms with Gasteiger partial charge in [-0.15, -0.1) is 0 Å². The second-order valence-electron chi connectivity index (χ2n) is 14.5. The number of phenols is 1. The predicted octanol–water partition coefficient (Wildman–Crippen LogP) is 10.1. The zero-order valence-corrected chi connectivity index (χ0v) is 37.5. The van der Waals surface area contributed by atoms with Crippen LogP contribution in [0.1, 0.15) is 13.8 Å². The first-order valence-electron chi connectivity index (χ1n) is 19.8. The van der Waals surface area contributed by atoms with E-state index in [9.17, 15) is 14.7 Å². The van der Waals surface area contributed by atoms with Crippen molar-refractivity contribution in [3.8, 4) is 61.9 Å². The number of thioether (sulfide) groups is 2. The minimum absolute atomic E-state index is 0.0753. The van der Waals surface area contributed by atoms with E-state index in [4.69, 9.17) is 23.2 Å². The van der Waals surface area contributed by atoms with Crippen LogP contribution in [0.4, 0.5) is 0 Å². The molecule has 0 aliphatic carbocycles. The Kier molecular flexibility index (Phi) is 12.5. The number of aromatic amines is 2. The third-order valence-corrected chi connectivity index (χ3v) is 12.4. The molecule has 0 amide bonds. The number of benzene rings is 4. The van der Waals surface area contributed by atoms with Crippen molar-refractivity contribution in [2.24, 2.45) is 0 Å². The first kappa shape index (κ1) is 43.1. The molecule has 3 N–H and O–H groups in total. The molecule has 4 aromatic carbocycles. The fraction of sp³-hybridized carbons (Fsp3) is 0.0870. The molecule has 15 nitrogen and oxygen atoms in total. The highest BCUT2D eigenvalue weighted by Gasteiger charge is 2.15. The van der Waals surface area contributed by atoms with Gasteiger partial charge in [-0.2, -0.15) is 10.2 Å². The summed E-state index contributed by atoms with van der Waals surface area (Å²) in [5.74, 6) is 1.01. The number of Topliss-reactive ketones (excluding diaryl/α,β-unsaturated/α-hetero) is 2. The second kappa shape index (κ2) is 18.9. The number of nitrogens with one attached hydrogen (secondary N) is 2. The number of ketones is 2. The van der Waals surface area contributed by atoms with Gasteiger partial charge in [-0.05, 0) is 66.9 Å². The quantitative estimate of drug-likeness (QED) is 0.0979. The van der Waals surface area contributed by atoms with Gasteiger partial charge in [0, 0.05) is 22.8 Å². The van der Waals surface area contributed by atoms with Crippen LogP contribution in [-0.2, 0) is 9.59 Å². The van der Waals surface area contributed by atoms with E-state index >= 15 is 0 Å². The van der Waals surface area contributed by atoms with Gasteiger partial charge in [-0.1, -0.05) is 107 Å². The molecular formula is C46H34Cl2N12O3S2. The number of carbonyl (C=O) groups is 2. The van der Waals surface area contributed by atoms with Gasteiger partial charge >= 0.3 is 0 Å². The molecular weight excluding hydrogens is 904 g/mol. The van der Waals surface area contributed by atoms with Gasteiger partial charge in [-0.25, -0.2) is 39.3 Å². The molecule has 6 aromatic heterocycles. The number of imidazole rings is 2. The zero-order valence-electron chi connectivity index (χ0n) is 34.3. The highest BCUT2D eigenvalue weighted by molar-refractivity contribution is 8.00. The summed E-state index contributed by atoms with van der Waals surface area (Å²) in [6.07, 6.45) is 6.19. The number of rotatable bonds is 12. The molecule has 6 heterocycles. The Hall–Kier alpha value is -7.18. The first-order valence-corrected chi connectivity index (χ1v) is 22.5. The maximum Gasteiger partial charge on any atom is 0.179 e. The van der Waals surface area contributed by atoms with Crippen molar-refractivity contribution in [3.05, 3.63) is 138 Å². The number of hydrogen-bond donors (Lipinski definition) is 3. The number of aromatic hydroxyl groups is 1. The Bertz CT molecular complexity index is 3310. The Labute approximate surface area is 388 Å². The van der Waals surface area contributed by atoms with E-state index in [-0.39, 0.29) is 17.3 Å². The zero-order chi connectivity index (χ0) is 45.0. The minimum atomic E-state index is 0.0753. The van der Waals surface area contributed by atoms with E-state index in [0.29, 0.717) is 65.6 Å². The molecule has 322 valence electrons. The summed E-state index contributed by atoms with van der Waals surface area (Å²) in [6.45, 7) is 3.09. The Morgan fingerprint density at radius 3 is 1.45 bits per heavy atom. The van der Waals surface area contributed by atoms with E-state index < -0.39 is 0 Å². The summed E-state index contributed by atoms with van der Waals surface area (Å²) < 4.78 is 3.30. The van der Waals surface area contributed by atoms with Gasteiger partial charge in [0.05, 0.1) is 55.3 Å². The summed E-state index contributed by atoms with van der Waals surface area (Å²) in [4.78, 5) is 54.8. The molecule has 0 aliphatic heterocycles. The van der Waals surface area contributed by atoms with Crippen LogP contribution in [0.2, 0.25) is 10.0 Å². The highest BCUT2D eigenvalue weighted by Crippen LogP contribution is 2.35. The van der Waals surface area contributed by atoms with Crippen LogP contribution in [0.5, 0.6) is 5.75 Å². The SMILES string of the molecule is CC(=O)CSc1nc2nc(-c3ccc(-c4ccc(-n5cncn5)cc4)cc3)c(Cl)cc2[nH]1.CC(=O)CSc1nc2nc(-c3ccc(-c4ccc(-n5cncn5)cc4O)cc3)c(Cl)cc2[nH]1. The van der Waals surface area contributed by atoms with E-state index in [1.54, 1.807) is 41.1 Å². The van der Waals surface area contributed by atoms with Gasteiger partial charge in [0.15, 0.2) is 21.6 Å². The highest BCUT2D eigenvalue weighted by atomic mass is 35.5. The number of phenolic OH excluding ortho intramolecular Hbond substituents is 1. The van der Waals surface area contributed by atoms with Crippen LogP contribution >= 0.6 is 46.7 Å². The topological polar surface area (TPSA) is 199 Å². The number of nitrogens with zero attached hydrogens (tertiary/aromatic N) is 10. The normalized spacial score (nSPS) is 11.2. The molecule has 0 radical (unpaired) electrons. The minimum Gasteiger partial charge on any atom is -0.507 e. The number of pyridine rings is 2. The maximum absolute atomic E-state index is 11.2. The van der Waals surface area contributed by atoms with Gasteiger partial charge in [0.25, 0.3) is 0 Å². The summed E-state index contributed by atoms with van der Waals surface area (Å²) in [6, 6.07) is 32.7. The Balaban J connectivity index is 0.000000164. The predicted molar refractivity (Wildman–Crippen MR) is 254 cm³/mol. The largest absolute Gasteiger partial charge is 0.507 e. The molecule has 10 rings (SSSR count). The van der Waals surface area contributed by atoms with E-state index in [0.717, 1.165) is 44.7 Å². The molecule has 65 heavy (non-hydrogen) atoms. The van der Waals surface area contributed by atoms with Gasteiger partial charge in [0.1, 0.15) is 42.6 Å². The third kappa shape index (κ3) is 9.83. The molecule has 0 aliphatic rings. The number of halogens is 2. The number of carbonyl (C=O) groups excluding carboxylic acids is 2. The number of fused-ring (bicyclic) bond motifs is 2. The lowest BCUT2D eigenvalue weighted by atomic mass is 10.0. The number of aromatic nitrogens is 12. The molecule has 19 heteroatoms. The molecule has 0 unspecified atom stereocenters. The average Bonchev–Trinajstić information content (AvgIpc) is 4.16. The lowest BCUT2D eigenvalue weighted by molar-refractivity contribution is -0.115. The molecule has 0 atom stereocenters. The molecule has 0 saturated heterocycles.